The molecule has 0 atom stereocenters. The third-order valence-electron chi connectivity index (χ3n) is 1.45. The first-order valence-electron chi connectivity index (χ1n) is 3.60. The van der Waals surface area contributed by atoms with Gasteiger partial charge >= 0.3 is 5.97 Å². The van der Waals surface area contributed by atoms with E-state index in [1.165, 1.54) is 6.07 Å². The van der Waals surface area contributed by atoms with Crippen molar-refractivity contribution in [1.29, 1.82) is 5.26 Å². The van der Waals surface area contributed by atoms with Gasteiger partial charge in [0.05, 0.1) is 11.6 Å². The number of nitrogens with zero attached hydrogens (tertiary/aromatic N) is 2. The molecule has 0 unspecified atom stereocenters. The van der Waals surface area contributed by atoms with Gasteiger partial charge in [-0.1, -0.05) is 0 Å². The highest BCUT2D eigenvalue weighted by molar-refractivity contribution is 5.85. The molecular formula is C9H5FN2O2. The van der Waals surface area contributed by atoms with E-state index in [4.69, 9.17) is 10.4 Å². The van der Waals surface area contributed by atoms with Crippen molar-refractivity contribution in [2.45, 2.75) is 0 Å². The Morgan fingerprint density at radius 1 is 1.71 bits per heavy atom. The van der Waals surface area contributed by atoms with Crippen molar-refractivity contribution in [2.24, 2.45) is 0 Å². The zero-order valence-corrected chi connectivity index (χ0v) is 6.94. The largest absolute Gasteiger partial charge is 0.478 e. The Morgan fingerprint density at radius 3 is 3.00 bits per heavy atom. The first kappa shape index (κ1) is 9.86. The fourth-order valence-electron chi connectivity index (χ4n) is 0.858. The van der Waals surface area contributed by atoms with E-state index in [2.05, 4.69) is 4.98 Å². The van der Waals surface area contributed by atoms with Gasteiger partial charge < -0.3 is 5.11 Å². The van der Waals surface area contributed by atoms with Crippen molar-refractivity contribution >= 4 is 12.0 Å². The highest BCUT2D eigenvalue weighted by Crippen LogP contribution is 2.11. The molecule has 1 aromatic heterocycles. The summed E-state index contributed by atoms with van der Waals surface area (Å²) >= 11 is 0. The number of carboxylic acids is 1. The van der Waals surface area contributed by atoms with E-state index in [0.29, 0.717) is 0 Å². The molecule has 0 aliphatic heterocycles. The van der Waals surface area contributed by atoms with Gasteiger partial charge in [0.1, 0.15) is 0 Å². The number of pyridine rings is 1. The predicted molar refractivity (Wildman–Crippen MR) is 45.6 cm³/mol. The molecule has 0 bridgehead atoms. The van der Waals surface area contributed by atoms with E-state index in [9.17, 15) is 9.18 Å². The van der Waals surface area contributed by atoms with Crippen molar-refractivity contribution in [3.05, 3.63) is 35.4 Å². The van der Waals surface area contributed by atoms with Crippen LogP contribution in [0.25, 0.3) is 6.08 Å². The highest BCUT2D eigenvalue weighted by Gasteiger charge is 2.05. The van der Waals surface area contributed by atoms with E-state index in [0.717, 1.165) is 18.3 Å². The van der Waals surface area contributed by atoms with Crippen molar-refractivity contribution in [1.82, 2.24) is 4.98 Å². The Balaban J connectivity index is 3.19. The minimum absolute atomic E-state index is 0.0509. The molecule has 4 nitrogen and oxygen atoms in total. The second-order valence-corrected chi connectivity index (χ2v) is 2.35. The predicted octanol–water partition coefficient (Wildman–Crippen LogP) is 1.19. The Hall–Kier alpha value is -2.22. The lowest BCUT2D eigenvalue weighted by atomic mass is 10.1. The third-order valence-corrected chi connectivity index (χ3v) is 1.45. The van der Waals surface area contributed by atoms with E-state index < -0.39 is 11.9 Å². The quantitative estimate of drug-likeness (QED) is 0.564. The van der Waals surface area contributed by atoms with Gasteiger partial charge in [0.15, 0.2) is 0 Å². The molecule has 0 fully saturated rings. The van der Waals surface area contributed by atoms with Gasteiger partial charge in [0.2, 0.25) is 5.95 Å². The molecule has 0 aliphatic carbocycles. The molecular weight excluding hydrogens is 187 g/mol. The molecule has 0 spiro atoms. The second-order valence-electron chi connectivity index (χ2n) is 2.35. The zero-order chi connectivity index (χ0) is 10.6. The van der Waals surface area contributed by atoms with Crippen LogP contribution in [0.1, 0.15) is 11.1 Å². The number of hydrogen-bond donors (Lipinski definition) is 1. The van der Waals surface area contributed by atoms with Gasteiger partial charge in [-0.15, -0.1) is 0 Å². The summed E-state index contributed by atoms with van der Waals surface area (Å²) in [6.07, 6.45) is 2.90. The van der Waals surface area contributed by atoms with Crippen LogP contribution in [0, 0.1) is 17.3 Å². The van der Waals surface area contributed by atoms with Crippen LogP contribution in [0.3, 0.4) is 0 Å². The Morgan fingerprint density at radius 2 is 2.43 bits per heavy atom. The maximum Gasteiger partial charge on any atom is 0.328 e. The number of hydrogen-bond acceptors (Lipinski definition) is 3. The number of rotatable bonds is 2. The van der Waals surface area contributed by atoms with Crippen LogP contribution in [-0.2, 0) is 4.79 Å². The SMILES string of the molecule is N#Cc1ccnc(F)c1/C=C/C(=O)O. The lowest BCUT2D eigenvalue weighted by Crippen LogP contribution is -1.93. The summed E-state index contributed by atoms with van der Waals surface area (Å²) in [5, 5.41) is 16.9. The Bertz CT molecular complexity index is 435. The first-order valence-corrected chi connectivity index (χ1v) is 3.60. The standard InChI is InChI=1S/C9H5FN2O2/c10-9-7(1-2-8(13)14)6(5-11)3-4-12-9/h1-4H,(H,13,14)/b2-1+. The molecule has 0 aromatic carbocycles. The smallest absolute Gasteiger partial charge is 0.328 e. The number of nitriles is 1. The van der Waals surface area contributed by atoms with Crippen LogP contribution in [-0.4, -0.2) is 16.1 Å². The van der Waals surface area contributed by atoms with E-state index >= 15 is 0 Å². The van der Waals surface area contributed by atoms with Gasteiger partial charge in [-0.25, -0.2) is 9.78 Å². The molecule has 0 radical (unpaired) electrons. The topological polar surface area (TPSA) is 74.0 Å². The number of carbonyl (C=O) groups is 1. The molecule has 1 heterocycles. The highest BCUT2D eigenvalue weighted by atomic mass is 19.1. The molecule has 0 amide bonds. The van der Waals surface area contributed by atoms with Gasteiger partial charge in [-0.3, -0.25) is 0 Å². The van der Waals surface area contributed by atoms with Crippen LogP contribution in [0.4, 0.5) is 4.39 Å². The summed E-state index contributed by atoms with van der Waals surface area (Å²) < 4.78 is 13.0. The molecule has 5 heteroatoms. The molecule has 70 valence electrons. The van der Waals surface area contributed by atoms with Crippen molar-refractivity contribution < 1.29 is 14.3 Å². The van der Waals surface area contributed by atoms with E-state index in [1.54, 1.807) is 6.07 Å². The summed E-state index contributed by atoms with van der Waals surface area (Å²) in [4.78, 5) is 13.5. The molecule has 0 saturated carbocycles. The van der Waals surface area contributed by atoms with E-state index in [-0.39, 0.29) is 11.1 Å². The monoisotopic (exact) mass is 192 g/mol. The van der Waals surface area contributed by atoms with Crippen LogP contribution < -0.4 is 0 Å². The van der Waals surface area contributed by atoms with Crippen molar-refractivity contribution in [2.75, 3.05) is 0 Å². The molecule has 1 rings (SSSR count). The van der Waals surface area contributed by atoms with Gasteiger partial charge in [-0.05, 0) is 12.1 Å². The van der Waals surface area contributed by atoms with Crippen molar-refractivity contribution in [3.8, 4) is 6.07 Å². The van der Waals surface area contributed by atoms with Gasteiger partial charge in [0.25, 0.3) is 0 Å². The molecule has 0 saturated heterocycles. The minimum atomic E-state index is -1.21. The number of aliphatic carboxylic acids is 1. The summed E-state index contributed by atoms with van der Waals surface area (Å²) in [5.74, 6) is -2.07. The summed E-state index contributed by atoms with van der Waals surface area (Å²) in [7, 11) is 0. The molecule has 0 aliphatic rings. The Kier molecular flexibility index (Phi) is 2.92. The summed E-state index contributed by atoms with van der Waals surface area (Å²) in [6.45, 7) is 0. The average molecular weight is 192 g/mol. The van der Waals surface area contributed by atoms with E-state index in [1.807, 2.05) is 0 Å². The van der Waals surface area contributed by atoms with Crippen LogP contribution in [0.15, 0.2) is 18.3 Å². The Labute approximate surface area is 78.9 Å². The number of halogens is 1. The fourth-order valence-corrected chi connectivity index (χ4v) is 0.858. The number of carboxylic acid groups (broad SMARTS) is 1. The maximum absolute atomic E-state index is 13.0. The van der Waals surface area contributed by atoms with Gasteiger partial charge in [0, 0.05) is 17.8 Å². The van der Waals surface area contributed by atoms with Crippen molar-refractivity contribution in [3.63, 3.8) is 0 Å². The normalized spacial score (nSPS) is 10.0. The van der Waals surface area contributed by atoms with Gasteiger partial charge in [-0.2, -0.15) is 9.65 Å². The summed E-state index contributed by atoms with van der Waals surface area (Å²) in [5.41, 5.74) is -0.0626. The lowest BCUT2D eigenvalue weighted by Gasteiger charge is -1.96. The third kappa shape index (κ3) is 2.14. The summed E-state index contributed by atoms with van der Waals surface area (Å²) in [6, 6.07) is 3.05. The van der Waals surface area contributed by atoms with Crippen LogP contribution >= 0.6 is 0 Å². The molecule has 1 N–H and O–H groups in total. The van der Waals surface area contributed by atoms with Crippen LogP contribution in [0.5, 0.6) is 0 Å². The zero-order valence-electron chi connectivity index (χ0n) is 6.94. The molecule has 14 heavy (non-hydrogen) atoms. The maximum atomic E-state index is 13.0. The second kappa shape index (κ2) is 4.14. The number of aromatic nitrogens is 1. The molecule has 1 aromatic rings. The average Bonchev–Trinajstić information content (AvgIpc) is 2.15. The minimum Gasteiger partial charge on any atom is -0.478 e. The first-order chi connectivity index (χ1) is 6.65. The lowest BCUT2D eigenvalue weighted by molar-refractivity contribution is -0.131. The van der Waals surface area contributed by atoms with Crippen LogP contribution in [0.2, 0.25) is 0 Å². The fraction of sp³-hybridized carbons (Fsp3) is 0.